The number of rotatable bonds is 8. The van der Waals surface area contributed by atoms with Crippen molar-refractivity contribution in [3.63, 3.8) is 0 Å². The molecule has 1 aromatic heterocycles. The molecule has 10 heteroatoms. The molecular weight excluding hydrogens is 456 g/mol. The molecule has 3 aromatic rings. The van der Waals surface area contributed by atoms with Gasteiger partial charge in [0.05, 0.1) is 24.9 Å². The molecule has 2 atom stereocenters. The Morgan fingerprint density at radius 2 is 1.91 bits per heavy atom. The first-order chi connectivity index (χ1) is 16.9. The number of aryl methyl sites for hydroxylation is 1. The Labute approximate surface area is 202 Å². The molecule has 1 saturated heterocycles. The predicted molar refractivity (Wildman–Crippen MR) is 128 cm³/mol. The summed E-state index contributed by atoms with van der Waals surface area (Å²) in [6, 6.07) is 12.3. The molecule has 0 aliphatic carbocycles. The highest BCUT2D eigenvalue weighted by Gasteiger charge is 2.35. The van der Waals surface area contributed by atoms with Crippen molar-refractivity contribution in [3.05, 3.63) is 71.3 Å². The van der Waals surface area contributed by atoms with Gasteiger partial charge in [-0.1, -0.05) is 30.3 Å². The van der Waals surface area contributed by atoms with E-state index in [1.807, 2.05) is 24.3 Å². The van der Waals surface area contributed by atoms with Crippen LogP contribution in [0.25, 0.3) is 11.3 Å². The number of hydrogen-bond donors (Lipinski definition) is 3. The fraction of sp³-hybridized carbons (Fsp3) is 0.360. The van der Waals surface area contributed by atoms with Gasteiger partial charge in [-0.25, -0.2) is 13.6 Å². The zero-order valence-corrected chi connectivity index (χ0v) is 19.7. The van der Waals surface area contributed by atoms with E-state index >= 15 is 0 Å². The third-order valence-corrected chi connectivity index (χ3v) is 6.25. The molecule has 2 heterocycles. The topological polar surface area (TPSA) is 91.7 Å². The number of halogens is 2. The van der Waals surface area contributed by atoms with Crippen LogP contribution in [0.15, 0.2) is 48.5 Å². The number of anilines is 1. The molecule has 4 rings (SSSR count). The molecule has 0 radical (unpaired) electrons. The molecule has 1 aliphatic rings. The molecule has 0 saturated carbocycles. The summed E-state index contributed by atoms with van der Waals surface area (Å²) in [5, 5.41) is 19.5. The van der Waals surface area contributed by atoms with Crippen molar-refractivity contribution >= 4 is 11.8 Å². The minimum absolute atomic E-state index is 0.0366. The van der Waals surface area contributed by atoms with Crippen LogP contribution < -0.4 is 10.6 Å². The lowest BCUT2D eigenvalue weighted by Crippen LogP contribution is -2.42. The maximum atomic E-state index is 13.9. The average molecular weight is 486 g/mol. The molecule has 2 aromatic carbocycles. The summed E-state index contributed by atoms with van der Waals surface area (Å²) in [5.41, 5.74) is 2.96. The minimum atomic E-state index is -0.907. The Bertz CT molecular complexity index is 1170. The summed E-state index contributed by atoms with van der Waals surface area (Å²) in [6.07, 6.45) is 0. The van der Waals surface area contributed by atoms with Gasteiger partial charge in [-0.05, 0) is 23.3 Å². The molecule has 8 nitrogen and oxygen atoms in total. The maximum Gasteiger partial charge on any atom is 0.320 e. The number of likely N-dealkylation sites (tertiary alicyclic amines) is 1. The number of carbonyl (C=O) groups is 1. The third-order valence-electron chi connectivity index (χ3n) is 6.25. The molecule has 2 unspecified atom stereocenters. The van der Waals surface area contributed by atoms with Crippen LogP contribution in [0.4, 0.5) is 19.4 Å². The lowest BCUT2D eigenvalue weighted by atomic mass is 9.94. The van der Waals surface area contributed by atoms with E-state index in [-0.39, 0.29) is 18.6 Å². The maximum absolute atomic E-state index is 13.9. The van der Waals surface area contributed by atoms with Crippen molar-refractivity contribution in [3.8, 4) is 11.3 Å². The van der Waals surface area contributed by atoms with Crippen molar-refractivity contribution in [2.24, 2.45) is 7.05 Å². The zero-order valence-electron chi connectivity index (χ0n) is 19.7. The van der Waals surface area contributed by atoms with Gasteiger partial charge in [0.1, 0.15) is 5.82 Å². The number of ether oxygens (including phenoxy) is 1. The van der Waals surface area contributed by atoms with Crippen LogP contribution in [0.3, 0.4) is 0 Å². The number of hydrogen-bond acceptors (Lipinski definition) is 5. The minimum Gasteiger partial charge on any atom is -0.392 e. The van der Waals surface area contributed by atoms with Gasteiger partial charge in [-0.3, -0.25) is 14.9 Å². The molecule has 1 fully saturated rings. The second-order valence-corrected chi connectivity index (χ2v) is 8.63. The van der Waals surface area contributed by atoms with Crippen LogP contribution >= 0.6 is 0 Å². The first-order valence-corrected chi connectivity index (χ1v) is 11.4. The zero-order chi connectivity index (χ0) is 24.9. The number of nitrogens with zero attached hydrogens (tertiary/aromatic N) is 3. The van der Waals surface area contributed by atoms with Crippen molar-refractivity contribution in [2.75, 3.05) is 38.7 Å². The summed E-state index contributed by atoms with van der Waals surface area (Å²) in [6.45, 7) is 2.29. The first kappa shape index (κ1) is 24.8. The number of urea groups is 1. The molecule has 1 aliphatic heterocycles. The lowest BCUT2D eigenvalue weighted by molar-refractivity contribution is 0.159. The van der Waals surface area contributed by atoms with Crippen molar-refractivity contribution in [1.82, 2.24) is 20.0 Å². The van der Waals surface area contributed by atoms with Crippen LogP contribution in [0.5, 0.6) is 0 Å². The number of amides is 2. The lowest BCUT2D eigenvalue weighted by Gasteiger charge is -2.20. The molecule has 186 valence electrons. The van der Waals surface area contributed by atoms with Crippen molar-refractivity contribution in [1.29, 1.82) is 0 Å². The Morgan fingerprint density at radius 1 is 1.14 bits per heavy atom. The third kappa shape index (κ3) is 5.84. The smallest absolute Gasteiger partial charge is 0.320 e. The van der Waals surface area contributed by atoms with E-state index in [0.29, 0.717) is 43.3 Å². The highest BCUT2D eigenvalue weighted by atomic mass is 19.2. The molecule has 0 spiro atoms. The average Bonchev–Trinajstić information content (AvgIpc) is 3.42. The van der Waals surface area contributed by atoms with Crippen LogP contribution in [-0.4, -0.2) is 65.2 Å². The van der Waals surface area contributed by atoms with E-state index in [1.165, 1.54) is 6.07 Å². The molecule has 0 bridgehead atoms. The van der Waals surface area contributed by atoms with Crippen molar-refractivity contribution in [2.45, 2.75) is 18.6 Å². The van der Waals surface area contributed by atoms with Gasteiger partial charge in [0.25, 0.3) is 0 Å². The number of benzene rings is 2. The van der Waals surface area contributed by atoms with Gasteiger partial charge < -0.3 is 15.2 Å². The van der Waals surface area contributed by atoms with Crippen LogP contribution in [0.2, 0.25) is 0 Å². The Kier molecular flexibility index (Phi) is 7.74. The van der Waals surface area contributed by atoms with Gasteiger partial charge in [-0.2, -0.15) is 5.10 Å². The van der Waals surface area contributed by atoms with E-state index in [4.69, 9.17) is 4.74 Å². The van der Waals surface area contributed by atoms with E-state index < -0.39 is 17.7 Å². The van der Waals surface area contributed by atoms with E-state index in [9.17, 15) is 18.7 Å². The Morgan fingerprint density at radius 3 is 2.60 bits per heavy atom. The van der Waals surface area contributed by atoms with E-state index in [0.717, 1.165) is 17.2 Å². The molecule has 35 heavy (non-hydrogen) atoms. The number of aliphatic hydroxyl groups is 1. The van der Waals surface area contributed by atoms with E-state index in [2.05, 4.69) is 20.6 Å². The molecule has 3 N–H and O–H groups in total. The van der Waals surface area contributed by atoms with Crippen LogP contribution in [-0.2, 0) is 18.4 Å². The quantitative estimate of drug-likeness (QED) is 0.456. The first-order valence-electron chi connectivity index (χ1n) is 11.4. The second-order valence-electron chi connectivity index (χ2n) is 8.63. The van der Waals surface area contributed by atoms with Crippen molar-refractivity contribution < 1.29 is 23.4 Å². The summed E-state index contributed by atoms with van der Waals surface area (Å²) in [4.78, 5) is 15.0. The summed E-state index contributed by atoms with van der Waals surface area (Å²) < 4.78 is 34.1. The van der Waals surface area contributed by atoms with Crippen LogP contribution in [0.1, 0.15) is 17.0 Å². The van der Waals surface area contributed by atoms with Gasteiger partial charge >= 0.3 is 6.03 Å². The SMILES string of the molecule is COCCN1CC(NC(=O)Nc2cc(-c3ccc(CO)cc3)nn2C)C(c2ccc(F)c(F)c2)C1. The largest absolute Gasteiger partial charge is 0.392 e. The Balaban J connectivity index is 1.46. The number of aromatic nitrogens is 2. The van der Waals surface area contributed by atoms with Gasteiger partial charge in [-0.15, -0.1) is 0 Å². The second kappa shape index (κ2) is 10.9. The summed E-state index contributed by atoms with van der Waals surface area (Å²) >= 11 is 0. The highest BCUT2D eigenvalue weighted by Crippen LogP contribution is 2.29. The molecular formula is C25H29F2N5O3. The van der Waals surface area contributed by atoms with E-state index in [1.54, 1.807) is 31.0 Å². The standard InChI is InChI=1S/C25H29F2N5O3/c1-31-24(12-22(30-31)17-5-3-16(15-33)4-6-17)29-25(34)28-23-14-32(9-10-35-2)13-19(23)18-7-8-20(26)21(27)11-18/h3-8,11-12,19,23,33H,9-10,13-15H2,1-2H3,(H2,28,29,34). The van der Waals surface area contributed by atoms with Gasteiger partial charge in [0.2, 0.25) is 0 Å². The number of carbonyl (C=O) groups excluding carboxylic acids is 1. The fourth-order valence-electron chi connectivity index (χ4n) is 4.34. The highest BCUT2D eigenvalue weighted by molar-refractivity contribution is 5.89. The summed E-state index contributed by atoms with van der Waals surface area (Å²) in [7, 11) is 3.35. The number of nitrogens with one attached hydrogen (secondary N) is 2. The molecule has 2 amide bonds. The number of aliphatic hydroxyl groups excluding tert-OH is 1. The van der Waals surface area contributed by atoms with Gasteiger partial charge in [0, 0.05) is 51.3 Å². The Hall–Kier alpha value is -3.34. The monoisotopic (exact) mass is 485 g/mol. The normalized spacial score (nSPS) is 18.1. The van der Waals surface area contributed by atoms with Crippen LogP contribution in [0, 0.1) is 11.6 Å². The summed E-state index contributed by atoms with van der Waals surface area (Å²) in [5.74, 6) is -1.51. The number of methoxy groups -OCH3 is 1. The fourth-order valence-corrected chi connectivity index (χ4v) is 4.34. The predicted octanol–water partition coefficient (Wildman–Crippen LogP) is 3.09. The van der Waals surface area contributed by atoms with Gasteiger partial charge in [0.15, 0.2) is 11.6 Å².